The number of amides is 2. The first-order valence-corrected chi connectivity index (χ1v) is 4.09. The van der Waals surface area contributed by atoms with Gasteiger partial charge in [0, 0.05) is 12.6 Å². The number of carbonyl (C=O) groups is 2. The Morgan fingerprint density at radius 2 is 2.17 bits per heavy atom. The monoisotopic (exact) mass is 172 g/mol. The van der Waals surface area contributed by atoms with Crippen molar-refractivity contribution in [3.63, 3.8) is 0 Å². The van der Waals surface area contributed by atoms with E-state index >= 15 is 0 Å². The Morgan fingerprint density at radius 3 is 2.50 bits per heavy atom. The Labute approximate surface area is 72.9 Å². The van der Waals surface area contributed by atoms with Crippen LogP contribution in [0.5, 0.6) is 0 Å². The Kier molecular flexibility index (Phi) is 5.08. The van der Waals surface area contributed by atoms with Crippen LogP contribution in [0, 0.1) is 0 Å². The topological polar surface area (TPSA) is 49.4 Å². The molecular formula is C8H16N2O2. The molecule has 0 fully saturated rings. The minimum atomic E-state index is -0.113. The highest BCUT2D eigenvalue weighted by atomic mass is 16.2. The fourth-order valence-corrected chi connectivity index (χ4v) is 0.760. The minimum Gasteiger partial charge on any atom is -0.355 e. The molecule has 0 bridgehead atoms. The predicted molar refractivity (Wildman–Crippen MR) is 46.6 cm³/mol. The maximum atomic E-state index is 11.0. The van der Waals surface area contributed by atoms with E-state index in [-0.39, 0.29) is 18.5 Å². The van der Waals surface area contributed by atoms with Crippen molar-refractivity contribution in [2.75, 3.05) is 13.1 Å². The maximum absolute atomic E-state index is 11.0. The van der Waals surface area contributed by atoms with Crippen LogP contribution in [0.25, 0.3) is 0 Å². The summed E-state index contributed by atoms with van der Waals surface area (Å²) >= 11 is 0. The van der Waals surface area contributed by atoms with E-state index in [9.17, 15) is 9.59 Å². The van der Waals surface area contributed by atoms with Crippen molar-refractivity contribution >= 4 is 12.3 Å². The van der Waals surface area contributed by atoms with Crippen molar-refractivity contribution in [1.82, 2.24) is 10.2 Å². The standard InChI is InChI=1S/C8H16N2O2/c1-4-9-8(12)5-10(6-11)7(2)3/h6-7H,4-5H2,1-3H3,(H,9,12). The van der Waals surface area contributed by atoms with Crippen LogP contribution in [0.4, 0.5) is 0 Å². The number of hydrogen-bond donors (Lipinski definition) is 1. The average molecular weight is 172 g/mol. The van der Waals surface area contributed by atoms with Crippen molar-refractivity contribution in [1.29, 1.82) is 0 Å². The smallest absolute Gasteiger partial charge is 0.239 e. The lowest BCUT2D eigenvalue weighted by atomic mass is 10.3. The minimum absolute atomic E-state index is 0.0742. The number of hydrogen-bond acceptors (Lipinski definition) is 2. The number of nitrogens with one attached hydrogen (secondary N) is 1. The third-order valence-electron chi connectivity index (χ3n) is 1.50. The molecule has 0 aromatic carbocycles. The zero-order valence-corrected chi connectivity index (χ0v) is 7.83. The lowest BCUT2D eigenvalue weighted by molar-refractivity contribution is -0.129. The first-order chi connectivity index (χ1) is 5.61. The van der Waals surface area contributed by atoms with Gasteiger partial charge < -0.3 is 10.2 Å². The van der Waals surface area contributed by atoms with Crippen LogP contribution in [0.2, 0.25) is 0 Å². The molecule has 0 spiro atoms. The van der Waals surface area contributed by atoms with Gasteiger partial charge in [-0.05, 0) is 20.8 Å². The first-order valence-electron chi connectivity index (χ1n) is 4.09. The van der Waals surface area contributed by atoms with Crippen LogP contribution < -0.4 is 5.32 Å². The van der Waals surface area contributed by atoms with E-state index in [1.807, 2.05) is 20.8 Å². The van der Waals surface area contributed by atoms with Crippen LogP contribution in [-0.4, -0.2) is 36.3 Å². The van der Waals surface area contributed by atoms with Crippen LogP contribution in [0.3, 0.4) is 0 Å². The van der Waals surface area contributed by atoms with Crippen molar-refractivity contribution in [3.8, 4) is 0 Å². The Morgan fingerprint density at radius 1 is 1.58 bits per heavy atom. The fourth-order valence-electron chi connectivity index (χ4n) is 0.760. The number of nitrogens with zero attached hydrogens (tertiary/aromatic N) is 1. The summed E-state index contributed by atoms with van der Waals surface area (Å²) in [4.78, 5) is 22.9. The van der Waals surface area contributed by atoms with E-state index in [0.717, 1.165) is 0 Å². The molecule has 4 heteroatoms. The lowest BCUT2D eigenvalue weighted by Crippen LogP contribution is -2.39. The largest absolute Gasteiger partial charge is 0.355 e. The first kappa shape index (κ1) is 10.9. The van der Waals surface area contributed by atoms with E-state index in [4.69, 9.17) is 0 Å². The van der Waals surface area contributed by atoms with E-state index in [1.165, 1.54) is 4.90 Å². The molecule has 0 aliphatic heterocycles. The summed E-state index contributed by atoms with van der Waals surface area (Å²) in [5.74, 6) is -0.113. The molecular weight excluding hydrogens is 156 g/mol. The molecule has 0 radical (unpaired) electrons. The van der Waals surface area contributed by atoms with Gasteiger partial charge in [0.25, 0.3) is 0 Å². The van der Waals surface area contributed by atoms with Gasteiger partial charge in [-0.25, -0.2) is 0 Å². The molecule has 0 aliphatic rings. The number of rotatable bonds is 5. The molecule has 0 heterocycles. The average Bonchev–Trinajstić information content (AvgIpc) is 2.00. The summed E-state index contributed by atoms with van der Waals surface area (Å²) in [6, 6.07) is 0.0742. The lowest BCUT2D eigenvalue weighted by Gasteiger charge is -2.20. The van der Waals surface area contributed by atoms with Gasteiger partial charge in [-0.3, -0.25) is 9.59 Å². The summed E-state index contributed by atoms with van der Waals surface area (Å²) in [6.45, 7) is 6.33. The summed E-state index contributed by atoms with van der Waals surface area (Å²) in [5, 5.41) is 2.63. The molecule has 2 amide bonds. The van der Waals surface area contributed by atoms with Gasteiger partial charge in [-0.2, -0.15) is 0 Å². The summed E-state index contributed by atoms with van der Waals surface area (Å²) in [5.41, 5.74) is 0. The molecule has 0 atom stereocenters. The zero-order valence-electron chi connectivity index (χ0n) is 7.83. The van der Waals surface area contributed by atoms with Crippen LogP contribution in [0.15, 0.2) is 0 Å². The molecule has 0 aromatic heterocycles. The highest BCUT2D eigenvalue weighted by Gasteiger charge is 2.09. The van der Waals surface area contributed by atoms with Gasteiger partial charge in [-0.15, -0.1) is 0 Å². The van der Waals surface area contributed by atoms with Crippen molar-refractivity contribution in [2.24, 2.45) is 0 Å². The molecule has 1 N–H and O–H groups in total. The Bertz CT molecular complexity index is 157. The van der Waals surface area contributed by atoms with E-state index in [2.05, 4.69) is 5.32 Å². The second-order valence-corrected chi connectivity index (χ2v) is 2.82. The Hall–Kier alpha value is -1.06. The number of carbonyl (C=O) groups excluding carboxylic acids is 2. The van der Waals surface area contributed by atoms with Gasteiger partial charge >= 0.3 is 0 Å². The van der Waals surface area contributed by atoms with Crippen LogP contribution in [0.1, 0.15) is 20.8 Å². The van der Waals surface area contributed by atoms with Crippen molar-refractivity contribution in [3.05, 3.63) is 0 Å². The highest BCUT2D eigenvalue weighted by Crippen LogP contribution is 1.92. The molecule has 0 rings (SSSR count). The maximum Gasteiger partial charge on any atom is 0.239 e. The number of likely N-dealkylation sites (N-methyl/N-ethyl adjacent to an activating group) is 1. The van der Waals surface area contributed by atoms with Crippen molar-refractivity contribution < 1.29 is 9.59 Å². The fraction of sp³-hybridized carbons (Fsp3) is 0.750. The summed E-state index contributed by atoms with van der Waals surface area (Å²) in [6.07, 6.45) is 0.694. The molecule has 0 saturated heterocycles. The van der Waals surface area contributed by atoms with Gasteiger partial charge in [-0.1, -0.05) is 0 Å². The van der Waals surface area contributed by atoms with Crippen LogP contribution >= 0.6 is 0 Å². The van der Waals surface area contributed by atoms with Crippen LogP contribution in [-0.2, 0) is 9.59 Å². The Balaban J connectivity index is 3.85. The van der Waals surface area contributed by atoms with E-state index in [1.54, 1.807) is 0 Å². The van der Waals surface area contributed by atoms with Gasteiger partial charge in [0.15, 0.2) is 0 Å². The van der Waals surface area contributed by atoms with Gasteiger partial charge in [0.05, 0.1) is 6.54 Å². The summed E-state index contributed by atoms with van der Waals surface area (Å²) in [7, 11) is 0. The molecule has 0 aliphatic carbocycles. The second-order valence-electron chi connectivity index (χ2n) is 2.82. The highest BCUT2D eigenvalue weighted by molar-refractivity contribution is 5.79. The molecule has 0 unspecified atom stereocenters. The molecule has 70 valence electrons. The third-order valence-corrected chi connectivity index (χ3v) is 1.50. The quantitative estimate of drug-likeness (QED) is 0.593. The van der Waals surface area contributed by atoms with Gasteiger partial charge in [0.1, 0.15) is 0 Å². The molecule has 0 aromatic rings. The zero-order chi connectivity index (χ0) is 9.56. The van der Waals surface area contributed by atoms with E-state index < -0.39 is 0 Å². The normalized spacial score (nSPS) is 9.67. The molecule has 4 nitrogen and oxygen atoms in total. The SMILES string of the molecule is CCNC(=O)CN(C=O)C(C)C. The predicted octanol–water partition coefficient (Wildman–Crippen LogP) is -0.0107. The summed E-state index contributed by atoms with van der Waals surface area (Å²) < 4.78 is 0. The molecule has 12 heavy (non-hydrogen) atoms. The van der Waals surface area contributed by atoms with Crippen molar-refractivity contribution in [2.45, 2.75) is 26.8 Å². The third kappa shape index (κ3) is 3.95. The van der Waals surface area contributed by atoms with Gasteiger partial charge in [0.2, 0.25) is 12.3 Å². The van der Waals surface area contributed by atoms with E-state index in [0.29, 0.717) is 13.0 Å². The molecule has 0 saturated carbocycles. The second kappa shape index (κ2) is 5.57.